The second-order valence-electron chi connectivity index (χ2n) is 8.58. The summed E-state index contributed by atoms with van der Waals surface area (Å²) in [4.78, 5) is 40.4. The molecule has 0 saturated carbocycles. The van der Waals surface area contributed by atoms with Gasteiger partial charge in [0.2, 0.25) is 5.91 Å². The Labute approximate surface area is 216 Å². The summed E-state index contributed by atoms with van der Waals surface area (Å²) in [6, 6.07) is 16.0. The quantitative estimate of drug-likeness (QED) is 0.545. The molecule has 1 aliphatic rings. The van der Waals surface area contributed by atoms with E-state index in [0.717, 1.165) is 0 Å². The van der Waals surface area contributed by atoms with Gasteiger partial charge in [-0.3, -0.25) is 9.69 Å². The number of carbonyl (C=O) groups is 3. The maximum Gasteiger partial charge on any atom is 0.355 e. The first-order valence-electron chi connectivity index (χ1n) is 11.8. The molecule has 9 nitrogen and oxygen atoms in total. The molecule has 0 spiro atoms. The summed E-state index contributed by atoms with van der Waals surface area (Å²) in [7, 11) is 2.38. The Balaban J connectivity index is 2.34. The van der Waals surface area contributed by atoms with Crippen molar-refractivity contribution >= 4 is 29.2 Å². The number of nitrogens with two attached hydrogens (primary N) is 1. The number of nitrogens with zero attached hydrogens (tertiary/aromatic N) is 2. The number of benzene rings is 2. The van der Waals surface area contributed by atoms with Gasteiger partial charge in [0.15, 0.2) is 0 Å². The summed E-state index contributed by atoms with van der Waals surface area (Å²) in [6.45, 7) is 5.49. The predicted octanol–water partition coefficient (Wildman–Crippen LogP) is 3.88. The van der Waals surface area contributed by atoms with E-state index in [4.69, 9.17) is 15.2 Å². The van der Waals surface area contributed by atoms with Crippen LogP contribution < -0.4 is 16.0 Å². The topological polar surface area (TPSA) is 135 Å². The first-order chi connectivity index (χ1) is 17.7. The molecule has 0 aromatic heterocycles. The Morgan fingerprint density at radius 3 is 2.30 bits per heavy atom. The Bertz CT molecular complexity index is 1320. The average molecular weight is 503 g/mol. The van der Waals surface area contributed by atoms with E-state index < -0.39 is 17.9 Å². The summed E-state index contributed by atoms with van der Waals surface area (Å²) in [6.07, 6.45) is 0.663. The number of anilines is 2. The number of hydrogen-bond donors (Lipinski definition) is 2. The molecule has 37 heavy (non-hydrogen) atoms. The highest BCUT2D eigenvalue weighted by Crippen LogP contribution is 2.44. The van der Waals surface area contributed by atoms with Crippen molar-refractivity contribution in [2.75, 3.05) is 24.4 Å². The lowest BCUT2D eigenvalue weighted by atomic mass is 9.80. The van der Waals surface area contributed by atoms with Gasteiger partial charge in [0.05, 0.1) is 43.0 Å². The van der Waals surface area contributed by atoms with Crippen LogP contribution in [-0.4, -0.2) is 32.1 Å². The zero-order valence-corrected chi connectivity index (χ0v) is 21.5. The van der Waals surface area contributed by atoms with Crippen molar-refractivity contribution in [2.24, 2.45) is 11.7 Å². The molecule has 2 aromatic carbocycles. The van der Waals surface area contributed by atoms with Crippen LogP contribution in [0.3, 0.4) is 0 Å². The minimum atomic E-state index is -0.961. The molecular formula is C28H30N4O5. The Morgan fingerprint density at radius 1 is 1.08 bits per heavy atom. The van der Waals surface area contributed by atoms with Gasteiger partial charge in [0.1, 0.15) is 11.5 Å². The molecule has 0 aliphatic carbocycles. The number of allylic oxidation sites excluding steroid dienone is 1. The molecule has 2 aromatic rings. The Hall–Kier alpha value is -4.58. The zero-order valence-electron chi connectivity index (χ0n) is 21.5. The van der Waals surface area contributed by atoms with E-state index in [2.05, 4.69) is 11.4 Å². The van der Waals surface area contributed by atoms with Crippen LogP contribution in [0.25, 0.3) is 0 Å². The normalized spacial score (nSPS) is 16.1. The van der Waals surface area contributed by atoms with Crippen LogP contribution in [0.5, 0.6) is 0 Å². The molecule has 2 atom stereocenters. The third-order valence-electron chi connectivity index (χ3n) is 6.47. The van der Waals surface area contributed by atoms with E-state index in [0.29, 0.717) is 28.9 Å². The summed E-state index contributed by atoms with van der Waals surface area (Å²) in [5.74, 6) is -3.02. The van der Waals surface area contributed by atoms with Crippen LogP contribution in [0.1, 0.15) is 37.3 Å². The summed E-state index contributed by atoms with van der Waals surface area (Å²) in [5, 5.41) is 13.1. The monoisotopic (exact) mass is 502 g/mol. The highest BCUT2D eigenvalue weighted by Gasteiger charge is 2.43. The van der Waals surface area contributed by atoms with Gasteiger partial charge < -0.3 is 20.5 Å². The predicted molar refractivity (Wildman–Crippen MR) is 139 cm³/mol. The molecule has 192 valence electrons. The SMILES string of the molecule is CCC(C)C(=O)Nc1cccc(N2C(N)=C(C#N)C(c3ccccc3)C(C(=O)OC)=C2C(=O)OC)c1C. The molecule has 1 amide bonds. The van der Waals surface area contributed by atoms with Crippen molar-refractivity contribution in [3.63, 3.8) is 0 Å². The number of hydrogen-bond acceptors (Lipinski definition) is 8. The number of nitriles is 1. The summed E-state index contributed by atoms with van der Waals surface area (Å²) in [5.41, 5.74) is 8.42. The molecule has 0 radical (unpaired) electrons. The highest BCUT2D eigenvalue weighted by molar-refractivity contribution is 6.07. The lowest BCUT2D eigenvalue weighted by molar-refractivity contribution is -0.139. The Kier molecular flexibility index (Phi) is 8.35. The van der Waals surface area contributed by atoms with Gasteiger partial charge in [-0.25, -0.2) is 9.59 Å². The van der Waals surface area contributed by atoms with E-state index >= 15 is 0 Å². The zero-order chi connectivity index (χ0) is 27.3. The van der Waals surface area contributed by atoms with Crippen LogP contribution in [0.15, 0.2) is 71.2 Å². The van der Waals surface area contributed by atoms with Crippen molar-refractivity contribution in [1.29, 1.82) is 5.26 Å². The van der Waals surface area contributed by atoms with E-state index in [1.54, 1.807) is 55.5 Å². The molecule has 0 saturated heterocycles. The van der Waals surface area contributed by atoms with E-state index in [9.17, 15) is 19.6 Å². The summed E-state index contributed by atoms with van der Waals surface area (Å²) < 4.78 is 10.1. The molecular weight excluding hydrogens is 472 g/mol. The molecule has 3 N–H and O–H groups in total. The number of amides is 1. The van der Waals surface area contributed by atoms with Crippen LogP contribution in [-0.2, 0) is 23.9 Å². The number of nitrogens with one attached hydrogen (secondary N) is 1. The number of carbonyl (C=O) groups excluding carboxylic acids is 3. The van der Waals surface area contributed by atoms with Gasteiger partial charge >= 0.3 is 11.9 Å². The third-order valence-corrected chi connectivity index (χ3v) is 6.47. The molecule has 0 bridgehead atoms. The smallest absolute Gasteiger partial charge is 0.355 e. The molecule has 1 heterocycles. The lowest BCUT2D eigenvalue weighted by Crippen LogP contribution is -2.41. The molecule has 9 heteroatoms. The maximum absolute atomic E-state index is 13.2. The fourth-order valence-electron chi connectivity index (χ4n) is 4.21. The van der Waals surface area contributed by atoms with Gasteiger partial charge in [-0.1, -0.05) is 50.2 Å². The molecule has 0 fully saturated rings. The fraction of sp³-hybridized carbons (Fsp3) is 0.286. The van der Waals surface area contributed by atoms with Crippen molar-refractivity contribution in [2.45, 2.75) is 33.1 Å². The van der Waals surface area contributed by atoms with E-state index in [1.165, 1.54) is 19.1 Å². The fourth-order valence-corrected chi connectivity index (χ4v) is 4.21. The summed E-state index contributed by atoms with van der Waals surface area (Å²) >= 11 is 0. The van der Waals surface area contributed by atoms with Crippen LogP contribution in [0.4, 0.5) is 11.4 Å². The van der Waals surface area contributed by atoms with Crippen molar-refractivity contribution in [1.82, 2.24) is 0 Å². The van der Waals surface area contributed by atoms with E-state index in [1.807, 2.05) is 13.8 Å². The highest BCUT2D eigenvalue weighted by atomic mass is 16.5. The van der Waals surface area contributed by atoms with Crippen molar-refractivity contribution in [3.8, 4) is 6.07 Å². The standard InChI is InChI=1S/C28H30N4O5/c1-6-16(2)26(33)31-20-13-10-14-21(17(20)3)32-24(28(35)37-5)23(27(34)36-4)22(19(15-29)25(32)30)18-11-8-7-9-12-18/h7-14,16,22H,6,30H2,1-5H3,(H,31,33). The van der Waals surface area contributed by atoms with Crippen LogP contribution in [0.2, 0.25) is 0 Å². The third kappa shape index (κ3) is 5.05. The second kappa shape index (κ2) is 11.4. The molecule has 1 aliphatic heterocycles. The van der Waals surface area contributed by atoms with Crippen molar-refractivity contribution in [3.05, 3.63) is 82.3 Å². The minimum absolute atomic E-state index is 0.0436. The number of rotatable bonds is 7. The number of ether oxygens (including phenoxy) is 2. The number of methoxy groups -OCH3 is 2. The largest absolute Gasteiger partial charge is 0.466 e. The second-order valence-corrected chi connectivity index (χ2v) is 8.58. The van der Waals surface area contributed by atoms with Gasteiger partial charge in [-0.05, 0) is 36.6 Å². The lowest BCUT2D eigenvalue weighted by Gasteiger charge is -2.36. The Morgan fingerprint density at radius 2 is 1.73 bits per heavy atom. The van der Waals surface area contributed by atoms with Gasteiger partial charge in [-0.2, -0.15) is 5.26 Å². The van der Waals surface area contributed by atoms with E-state index in [-0.39, 0.29) is 34.5 Å². The minimum Gasteiger partial charge on any atom is -0.466 e. The first-order valence-corrected chi connectivity index (χ1v) is 11.8. The van der Waals surface area contributed by atoms with Crippen molar-refractivity contribution < 1.29 is 23.9 Å². The van der Waals surface area contributed by atoms with Gasteiger partial charge in [0.25, 0.3) is 0 Å². The van der Waals surface area contributed by atoms with Crippen LogP contribution in [0, 0.1) is 24.2 Å². The molecule has 2 unspecified atom stereocenters. The average Bonchev–Trinajstić information content (AvgIpc) is 2.92. The van der Waals surface area contributed by atoms with Gasteiger partial charge in [-0.15, -0.1) is 0 Å². The first kappa shape index (κ1) is 27.0. The van der Waals surface area contributed by atoms with Crippen LogP contribution >= 0.6 is 0 Å². The maximum atomic E-state index is 13.2. The number of esters is 2. The van der Waals surface area contributed by atoms with Gasteiger partial charge in [0, 0.05) is 11.6 Å². The molecule has 3 rings (SSSR count).